The monoisotopic (exact) mass is 446 g/mol. The molecule has 18 heavy (non-hydrogen) atoms. The van der Waals surface area contributed by atoms with E-state index in [0.717, 1.165) is 0 Å². The average molecular weight is 448 g/mol. The van der Waals surface area contributed by atoms with Gasteiger partial charge in [-0.1, -0.05) is 0 Å². The summed E-state index contributed by atoms with van der Waals surface area (Å²) in [7, 11) is -2.63. The van der Waals surface area contributed by atoms with E-state index < -0.39 is 8.72 Å². The first-order valence-corrected chi connectivity index (χ1v) is 19.6. The molecule has 0 unspecified atom stereocenters. The molecule has 0 amide bonds. The molecule has 0 aromatic heterocycles. The summed E-state index contributed by atoms with van der Waals surface area (Å²) < 4.78 is 0. The predicted octanol–water partition coefficient (Wildman–Crippen LogP) is 7.31. The molecule has 0 heterocycles. The van der Waals surface area contributed by atoms with Crippen molar-refractivity contribution in [2.45, 2.75) is 77.9 Å². The third-order valence-corrected chi connectivity index (χ3v) is 20.6. The normalized spacial score (nSPS) is 17.4. The molecule has 0 aromatic rings. The number of halogens is 2. The molecule has 0 aliphatic rings. The minimum absolute atomic E-state index is 0.370. The second kappa shape index (κ2) is 5.37. The Morgan fingerprint density at radius 3 is 0.833 bits per heavy atom. The van der Waals surface area contributed by atoms with Crippen LogP contribution in [-0.4, -0.2) is 8.72 Å². The second-order valence-corrected chi connectivity index (χ2v) is 42.0. The first kappa shape index (κ1) is 19.5. The van der Waals surface area contributed by atoms with Gasteiger partial charge in [-0.25, -0.2) is 0 Å². The van der Waals surface area contributed by atoms with Crippen LogP contribution in [0.4, 0.5) is 0 Å². The number of hydrogen-bond acceptors (Lipinski definition) is 0. The van der Waals surface area contributed by atoms with Crippen molar-refractivity contribution in [3.8, 4) is 0 Å². The molecule has 0 aliphatic heterocycles. The van der Waals surface area contributed by atoms with Crippen LogP contribution < -0.4 is 0 Å². The molecule has 0 rings (SSSR count). The van der Waals surface area contributed by atoms with Gasteiger partial charge in [-0.3, -0.25) is 0 Å². The van der Waals surface area contributed by atoms with Gasteiger partial charge in [0.25, 0.3) is 0 Å². The molecule has 0 aromatic carbocycles. The minimum atomic E-state index is -2.63. The van der Waals surface area contributed by atoms with Gasteiger partial charge in [0.2, 0.25) is 0 Å². The fraction of sp³-hybridized carbons (Fsp3) is 1.00. The van der Waals surface area contributed by atoms with Crippen LogP contribution in [0.15, 0.2) is 0 Å². The number of rotatable bonds is 3. The zero-order chi connectivity index (χ0) is 15.1. The molecule has 3 heteroatoms. The summed E-state index contributed by atoms with van der Waals surface area (Å²) in [5.74, 6) is 0. The van der Waals surface area contributed by atoms with Gasteiger partial charge in [-0.2, -0.15) is 0 Å². The van der Waals surface area contributed by atoms with E-state index in [0.29, 0.717) is 16.2 Å². The van der Waals surface area contributed by atoms with Gasteiger partial charge in [0.15, 0.2) is 0 Å². The van der Waals surface area contributed by atoms with E-state index in [1.54, 1.807) is 0 Å². The van der Waals surface area contributed by atoms with E-state index >= 15 is 0 Å². The van der Waals surface area contributed by atoms with Crippen LogP contribution in [0.1, 0.15) is 62.3 Å². The molecular weight excluding hydrogens is 415 g/mol. The van der Waals surface area contributed by atoms with Crippen molar-refractivity contribution in [3.05, 3.63) is 0 Å². The van der Waals surface area contributed by atoms with Gasteiger partial charge in [0.1, 0.15) is 0 Å². The van der Waals surface area contributed by atoms with Crippen LogP contribution in [0.25, 0.3) is 0 Å². The molecule has 0 fully saturated rings. The Bertz CT molecular complexity index is 240. The van der Waals surface area contributed by atoms with Gasteiger partial charge in [0, 0.05) is 0 Å². The van der Waals surface area contributed by atoms with Crippen LogP contribution in [0.2, 0.25) is 15.6 Å². The topological polar surface area (TPSA) is 0 Å². The Balaban J connectivity index is 5.38. The van der Waals surface area contributed by atoms with Crippen molar-refractivity contribution in [2.75, 3.05) is 0 Å². The zero-order valence-corrected chi connectivity index (χ0v) is 18.9. The van der Waals surface area contributed by atoms with Gasteiger partial charge >= 0.3 is 131 Å². The summed E-state index contributed by atoms with van der Waals surface area (Å²) in [5.41, 5.74) is 1.11. The molecule has 0 N–H and O–H groups in total. The van der Waals surface area contributed by atoms with Gasteiger partial charge in [-0.15, -0.1) is 0 Å². The summed E-state index contributed by atoms with van der Waals surface area (Å²) >= 11 is 8.59. The van der Waals surface area contributed by atoms with E-state index in [-0.39, 0.29) is 0 Å². The van der Waals surface area contributed by atoms with Crippen molar-refractivity contribution in [3.63, 3.8) is 0 Å². The van der Waals surface area contributed by atoms with Crippen molar-refractivity contribution in [1.82, 2.24) is 0 Å². The molecular formula is C15H33AsBr2. The van der Waals surface area contributed by atoms with Crippen LogP contribution in [-0.2, 0) is 0 Å². The Morgan fingerprint density at radius 2 is 0.722 bits per heavy atom. The first-order valence-electron chi connectivity index (χ1n) is 6.85. The standard InChI is InChI=1S/C15H33AsBr2/c1-13(2,3)10-16(17,18,11-14(4,5)6)12-15(7,8)9/h10-12H2,1-9H3. The third kappa shape index (κ3) is 9.43. The fourth-order valence-corrected chi connectivity index (χ4v) is 40.4. The molecule has 0 atom stereocenters. The quantitative estimate of drug-likeness (QED) is 0.398. The Labute approximate surface area is 130 Å². The van der Waals surface area contributed by atoms with E-state index in [1.165, 1.54) is 15.6 Å². The third-order valence-electron chi connectivity index (χ3n) is 2.45. The molecule has 0 bridgehead atoms. The van der Waals surface area contributed by atoms with Gasteiger partial charge in [0.05, 0.1) is 0 Å². The maximum absolute atomic E-state index is 4.29. The summed E-state index contributed by atoms with van der Waals surface area (Å²) in [4.78, 5) is 0. The Morgan fingerprint density at radius 1 is 0.556 bits per heavy atom. The predicted molar refractivity (Wildman–Crippen MR) is 96.4 cm³/mol. The first-order chi connectivity index (χ1) is 7.40. The second-order valence-electron chi connectivity index (χ2n) is 9.61. The van der Waals surface area contributed by atoms with E-state index in [4.69, 9.17) is 0 Å². The van der Waals surface area contributed by atoms with Crippen molar-refractivity contribution in [2.24, 2.45) is 16.2 Å². The zero-order valence-electron chi connectivity index (χ0n) is 13.8. The maximum atomic E-state index is 4.29. The van der Waals surface area contributed by atoms with Gasteiger partial charge in [-0.05, 0) is 0 Å². The molecule has 112 valence electrons. The molecule has 0 saturated carbocycles. The molecule has 0 saturated heterocycles. The van der Waals surface area contributed by atoms with Gasteiger partial charge < -0.3 is 0 Å². The Kier molecular flexibility index (Phi) is 5.83. The van der Waals surface area contributed by atoms with Crippen molar-refractivity contribution >= 4 is 36.6 Å². The summed E-state index contributed by atoms with van der Waals surface area (Å²) in [6.07, 6.45) is 0. The van der Waals surface area contributed by atoms with E-state index in [2.05, 4.69) is 90.2 Å². The van der Waals surface area contributed by atoms with Crippen LogP contribution in [0, 0.1) is 16.2 Å². The fourth-order valence-electron chi connectivity index (χ4n) is 3.26. The molecule has 0 radical (unpaired) electrons. The molecule has 0 spiro atoms. The SMILES string of the molecule is CC(C)(C)C[As](Br)(Br)(CC(C)(C)C)CC(C)(C)C. The molecule has 0 nitrogen and oxygen atoms in total. The van der Waals surface area contributed by atoms with Crippen molar-refractivity contribution < 1.29 is 0 Å². The summed E-state index contributed by atoms with van der Waals surface area (Å²) in [6, 6.07) is 0. The van der Waals surface area contributed by atoms with Crippen LogP contribution in [0.3, 0.4) is 0 Å². The Hall–Kier alpha value is 1.52. The van der Waals surface area contributed by atoms with Crippen molar-refractivity contribution in [1.29, 1.82) is 0 Å². The van der Waals surface area contributed by atoms with Crippen LogP contribution >= 0.6 is 27.9 Å². The average Bonchev–Trinajstić information content (AvgIpc) is 1.62. The summed E-state index contributed by atoms with van der Waals surface area (Å²) in [5, 5.41) is 3.88. The van der Waals surface area contributed by atoms with E-state index in [9.17, 15) is 0 Å². The number of hydrogen-bond donors (Lipinski definition) is 0. The van der Waals surface area contributed by atoms with E-state index in [1.807, 2.05) is 0 Å². The molecule has 0 aliphatic carbocycles. The van der Waals surface area contributed by atoms with Crippen LogP contribution in [0.5, 0.6) is 0 Å². The summed E-state index contributed by atoms with van der Waals surface area (Å²) in [6.45, 7) is 21.3.